The van der Waals surface area contributed by atoms with Gasteiger partial charge >= 0.3 is 24.4 Å². The summed E-state index contributed by atoms with van der Waals surface area (Å²) in [5.41, 5.74) is -2.75. The van der Waals surface area contributed by atoms with Crippen LogP contribution < -0.4 is 4.89 Å². The molecule has 0 amide bonds. The molecule has 0 aromatic rings. The average Bonchev–Trinajstić information content (AvgIpc) is 2.05. The van der Waals surface area contributed by atoms with Gasteiger partial charge in [0.1, 0.15) is 0 Å². The van der Waals surface area contributed by atoms with E-state index in [4.69, 9.17) is 16.3 Å². The predicted octanol–water partition coefficient (Wildman–Crippen LogP) is 2.54. The molecule has 0 aliphatic rings. The van der Waals surface area contributed by atoms with E-state index in [2.05, 4.69) is 13.8 Å². The SMILES string of the molecule is CCCCOP([O-])(=S)SCCCC.[Sb+3]. The van der Waals surface area contributed by atoms with Crippen LogP contribution >= 0.6 is 17.1 Å². The van der Waals surface area contributed by atoms with Crippen molar-refractivity contribution in [1.82, 2.24) is 0 Å². The second kappa shape index (κ2) is 11.2. The van der Waals surface area contributed by atoms with Gasteiger partial charge in [0.25, 0.3) is 0 Å². The van der Waals surface area contributed by atoms with E-state index in [1.54, 1.807) is 0 Å². The Kier molecular flexibility index (Phi) is 14.5. The van der Waals surface area contributed by atoms with Crippen molar-refractivity contribution < 1.29 is 9.42 Å². The normalized spacial score (nSPS) is 14.5. The van der Waals surface area contributed by atoms with E-state index in [0.717, 1.165) is 31.4 Å². The Balaban J connectivity index is 0. The first-order valence-electron chi connectivity index (χ1n) is 4.72. The van der Waals surface area contributed by atoms with Crippen molar-refractivity contribution >= 4 is 53.3 Å². The van der Waals surface area contributed by atoms with Crippen LogP contribution in [0.4, 0.5) is 0 Å². The van der Waals surface area contributed by atoms with E-state index < -0.39 is 5.69 Å². The number of hydrogen-bond acceptors (Lipinski definition) is 4. The second-order valence-corrected chi connectivity index (χ2v) is 8.99. The second-order valence-electron chi connectivity index (χ2n) is 2.82. The largest absolute Gasteiger partial charge is 3.00 e. The van der Waals surface area contributed by atoms with E-state index in [1.807, 2.05) is 0 Å². The minimum Gasteiger partial charge on any atom is -0.793 e. The summed E-state index contributed by atoms with van der Waals surface area (Å²) in [6.07, 6.45) is 4.16. The molecule has 2 nitrogen and oxygen atoms in total. The average molecular weight is 363 g/mol. The molecule has 0 saturated carbocycles. The van der Waals surface area contributed by atoms with Gasteiger partial charge in [-0.1, -0.05) is 38.5 Å². The topological polar surface area (TPSA) is 32.3 Å². The molecule has 0 bridgehead atoms. The summed E-state index contributed by atoms with van der Waals surface area (Å²) in [5, 5.41) is 0. The van der Waals surface area contributed by atoms with Crippen LogP contribution in [0.1, 0.15) is 39.5 Å². The molecule has 2 radical (unpaired) electrons. The van der Waals surface area contributed by atoms with Crippen LogP contribution in [0.15, 0.2) is 0 Å². The van der Waals surface area contributed by atoms with Gasteiger partial charge in [0.15, 0.2) is 0 Å². The van der Waals surface area contributed by atoms with Gasteiger partial charge in [-0.05, 0) is 18.6 Å². The summed E-state index contributed by atoms with van der Waals surface area (Å²) >= 11 is 6.17. The summed E-state index contributed by atoms with van der Waals surface area (Å²) in [6, 6.07) is 0. The van der Waals surface area contributed by atoms with Gasteiger partial charge in [-0.15, -0.1) is 11.4 Å². The Morgan fingerprint density at radius 1 is 1.29 bits per heavy atom. The van der Waals surface area contributed by atoms with Crippen molar-refractivity contribution in [3.8, 4) is 0 Å². The van der Waals surface area contributed by atoms with Gasteiger partial charge in [-0.2, -0.15) is 0 Å². The molecule has 6 heteroatoms. The molecule has 0 spiro atoms. The summed E-state index contributed by atoms with van der Waals surface area (Å²) < 4.78 is 5.15. The molecule has 1 atom stereocenters. The zero-order valence-corrected chi connectivity index (χ0v) is 13.9. The van der Waals surface area contributed by atoms with E-state index in [1.165, 1.54) is 11.4 Å². The van der Waals surface area contributed by atoms with Crippen LogP contribution in [0.25, 0.3) is 0 Å². The van der Waals surface area contributed by atoms with E-state index in [9.17, 15) is 4.89 Å². The summed E-state index contributed by atoms with van der Waals surface area (Å²) in [7, 11) is 0. The van der Waals surface area contributed by atoms with Gasteiger partial charge in [-0.25, -0.2) is 0 Å². The van der Waals surface area contributed by atoms with Gasteiger partial charge in [-0.3, -0.25) is 0 Å². The molecule has 0 aliphatic heterocycles. The standard InChI is InChI=1S/C8H19O2PS2.Sb/c1-3-5-7-10-11(9,12)13-8-6-4-2;/h3-8H2,1-2H3,(H,9,12);/q;+3/p-1. The van der Waals surface area contributed by atoms with Crippen molar-refractivity contribution in [2.45, 2.75) is 39.5 Å². The Hall–Kier alpha value is 1.74. The van der Waals surface area contributed by atoms with Crippen LogP contribution in [0.5, 0.6) is 0 Å². The summed E-state index contributed by atoms with van der Waals surface area (Å²) in [5.74, 6) is 0.851. The summed E-state index contributed by atoms with van der Waals surface area (Å²) in [6.45, 7) is 4.71. The maximum absolute atomic E-state index is 11.5. The molecule has 14 heavy (non-hydrogen) atoms. The Morgan fingerprint density at radius 2 is 1.86 bits per heavy atom. The third-order valence-corrected chi connectivity index (χ3v) is 5.86. The van der Waals surface area contributed by atoms with Crippen LogP contribution in [0.2, 0.25) is 0 Å². The first-order chi connectivity index (χ1) is 6.12. The van der Waals surface area contributed by atoms with Gasteiger partial charge in [0, 0.05) is 5.69 Å². The molecule has 82 valence electrons. The molecule has 0 N–H and O–H groups in total. The Bertz CT molecular complexity index is 155. The number of rotatable bonds is 8. The third-order valence-electron chi connectivity index (χ3n) is 1.49. The maximum Gasteiger partial charge on any atom is 3.00 e. The third kappa shape index (κ3) is 11.8. The molecule has 0 aromatic carbocycles. The Labute approximate surface area is 114 Å². The molecular weight excluding hydrogens is 345 g/mol. The van der Waals surface area contributed by atoms with Gasteiger partial charge in [0.2, 0.25) is 0 Å². The first kappa shape index (κ1) is 18.1. The van der Waals surface area contributed by atoms with Crippen molar-refractivity contribution in [1.29, 1.82) is 0 Å². The fraction of sp³-hybridized carbons (Fsp3) is 1.00. The van der Waals surface area contributed by atoms with Crippen molar-refractivity contribution in [3.63, 3.8) is 0 Å². The molecule has 0 fully saturated rings. The zero-order valence-electron chi connectivity index (χ0n) is 8.77. The Morgan fingerprint density at radius 3 is 2.36 bits per heavy atom. The van der Waals surface area contributed by atoms with Crippen molar-refractivity contribution in [3.05, 3.63) is 0 Å². The first-order valence-corrected chi connectivity index (χ1v) is 8.95. The molecule has 0 saturated heterocycles. The fourth-order valence-electron chi connectivity index (χ4n) is 0.679. The molecule has 0 rings (SSSR count). The van der Waals surface area contributed by atoms with Crippen LogP contribution in [0, 0.1) is 0 Å². The molecule has 0 aliphatic carbocycles. The van der Waals surface area contributed by atoms with Crippen molar-refractivity contribution in [2.75, 3.05) is 12.4 Å². The molecule has 1 unspecified atom stereocenters. The predicted molar refractivity (Wildman–Crippen MR) is 68.3 cm³/mol. The van der Waals surface area contributed by atoms with E-state index in [-0.39, 0.29) is 24.4 Å². The van der Waals surface area contributed by atoms with Crippen LogP contribution in [-0.4, -0.2) is 36.8 Å². The monoisotopic (exact) mass is 362 g/mol. The minimum absolute atomic E-state index is 0. The van der Waals surface area contributed by atoms with Gasteiger partial charge < -0.3 is 9.42 Å². The van der Waals surface area contributed by atoms with Crippen molar-refractivity contribution in [2.24, 2.45) is 0 Å². The van der Waals surface area contributed by atoms with Gasteiger partial charge in [0.05, 0.1) is 6.61 Å². The quantitative estimate of drug-likeness (QED) is 0.377. The van der Waals surface area contributed by atoms with Crippen LogP contribution in [0.3, 0.4) is 0 Å². The molecule has 0 heterocycles. The van der Waals surface area contributed by atoms with E-state index >= 15 is 0 Å². The van der Waals surface area contributed by atoms with Crippen LogP contribution in [-0.2, 0) is 16.3 Å². The van der Waals surface area contributed by atoms with E-state index in [0.29, 0.717) is 6.61 Å². The fourth-order valence-corrected chi connectivity index (χ4v) is 4.15. The zero-order chi connectivity index (χ0) is 10.2. The molecule has 0 aromatic heterocycles. The molecular formula is C8H18O2PS2Sb+2. The number of hydrogen-bond donors (Lipinski definition) is 0. The smallest absolute Gasteiger partial charge is 0.793 e. The minimum atomic E-state index is -2.75. The maximum atomic E-state index is 11.5. The summed E-state index contributed by atoms with van der Waals surface area (Å²) in [4.78, 5) is 11.5. The number of unbranched alkanes of at least 4 members (excludes halogenated alkanes) is 2.